The number of nitrogens with one attached hydrogen (secondary N) is 2. The Balaban J connectivity index is 1.82. The number of amides is 1. The van der Waals surface area contributed by atoms with Gasteiger partial charge in [0.15, 0.2) is 5.13 Å². The van der Waals surface area contributed by atoms with Crippen LogP contribution >= 0.6 is 22.7 Å². The largest absolute Gasteiger partial charge is 0.383 e. The van der Waals surface area contributed by atoms with Gasteiger partial charge in [0.1, 0.15) is 5.69 Å². The lowest BCUT2D eigenvalue weighted by Crippen LogP contribution is -2.12. The fourth-order valence-corrected chi connectivity index (χ4v) is 4.18. The minimum absolute atomic E-state index is 0.149. The highest BCUT2D eigenvalue weighted by Gasteiger charge is 2.18. The van der Waals surface area contributed by atoms with Crippen LogP contribution in [-0.4, -0.2) is 22.9 Å². The van der Waals surface area contributed by atoms with E-state index in [1.165, 1.54) is 39.3 Å². The van der Waals surface area contributed by atoms with Crippen LogP contribution in [-0.2, 0) is 0 Å². The monoisotopic (exact) mass is 388 g/mol. The van der Waals surface area contributed by atoms with Gasteiger partial charge in [0, 0.05) is 39.4 Å². The maximum Gasteiger partial charge on any atom is 0.293 e. The van der Waals surface area contributed by atoms with Crippen molar-refractivity contribution in [2.24, 2.45) is 0 Å². The highest BCUT2D eigenvalue weighted by Crippen LogP contribution is 2.33. The van der Waals surface area contributed by atoms with Gasteiger partial charge in [0.25, 0.3) is 11.6 Å². The van der Waals surface area contributed by atoms with E-state index in [0.717, 1.165) is 11.3 Å². The number of thiophene rings is 1. The number of nitro benzene ring substituents is 1. The first-order valence-corrected chi connectivity index (χ1v) is 9.39. The Labute approximate surface area is 157 Å². The molecule has 7 nitrogen and oxygen atoms in total. The number of carbonyl (C=O) groups is 1. The van der Waals surface area contributed by atoms with Gasteiger partial charge in [-0.2, -0.15) is 0 Å². The molecular weight excluding hydrogens is 372 g/mol. The second-order valence-corrected chi connectivity index (χ2v) is 7.88. The highest BCUT2D eigenvalue weighted by molar-refractivity contribution is 7.14. The first-order valence-electron chi connectivity index (χ1n) is 7.69. The van der Waals surface area contributed by atoms with E-state index in [0.29, 0.717) is 10.8 Å². The molecule has 0 aliphatic rings. The van der Waals surface area contributed by atoms with Gasteiger partial charge < -0.3 is 5.32 Å². The number of hydrogen-bond acceptors (Lipinski definition) is 7. The highest BCUT2D eigenvalue weighted by atomic mass is 32.1. The molecule has 2 N–H and O–H groups in total. The van der Waals surface area contributed by atoms with Crippen LogP contribution in [0.1, 0.15) is 20.1 Å². The number of anilines is 2. The number of benzene rings is 1. The van der Waals surface area contributed by atoms with Gasteiger partial charge in [-0.25, -0.2) is 4.98 Å². The van der Waals surface area contributed by atoms with Gasteiger partial charge in [-0.15, -0.1) is 22.7 Å². The third kappa shape index (κ3) is 3.58. The number of aryl methyl sites for hydroxylation is 2. The predicted octanol–water partition coefficient (Wildman–Crippen LogP) is 4.69. The van der Waals surface area contributed by atoms with E-state index in [1.807, 2.05) is 19.2 Å². The van der Waals surface area contributed by atoms with Crippen LogP contribution in [0.5, 0.6) is 0 Å². The van der Waals surface area contributed by atoms with E-state index in [9.17, 15) is 14.9 Å². The van der Waals surface area contributed by atoms with E-state index >= 15 is 0 Å². The molecule has 3 rings (SSSR count). The van der Waals surface area contributed by atoms with E-state index in [2.05, 4.69) is 21.7 Å². The van der Waals surface area contributed by atoms with Crippen molar-refractivity contribution in [2.75, 3.05) is 17.7 Å². The van der Waals surface area contributed by atoms with Crippen molar-refractivity contribution < 1.29 is 9.72 Å². The average molecular weight is 388 g/mol. The van der Waals surface area contributed by atoms with Crippen LogP contribution in [0.2, 0.25) is 0 Å². The van der Waals surface area contributed by atoms with Gasteiger partial charge >= 0.3 is 0 Å². The Bertz CT molecular complexity index is 994. The fourth-order valence-electron chi connectivity index (χ4n) is 2.54. The van der Waals surface area contributed by atoms with Crippen molar-refractivity contribution in [3.63, 3.8) is 0 Å². The van der Waals surface area contributed by atoms with Gasteiger partial charge in [0.05, 0.1) is 10.6 Å². The Hall–Kier alpha value is -2.78. The summed E-state index contributed by atoms with van der Waals surface area (Å²) in [5, 5.41) is 18.9. The maximum atomic E-state index is 12.4. The van der Waals surface area contributed by atoms with Crippen molar-refractivity contribution in [1.82, 2.24) is 4.98 Å². The molecular formula is C17H16N4O3S2. The lowest BCUT2D eigenvalue weighted by Gasteiger charge is -2.05. The summed E-state index contributed by atoms with van der Waals surface area (Å²) in [5.41, 5.74) is 2.27. The summed E-state index contributed by atoms with van der Waals surface area (Å²) in [7, 11) is 1.59. The molecule has 0 unspecified atom stereocenters. The van der Waals surface area contributed by atoms with Gasteiger partial charge in [0.2, 0.25) is 0 Å². The number of nitrogens with zero attached hydrogens (tertiary/aromatic N) is 2. The van der Waals surface area contributed by atoms with E-state index in [-0.39, 0.29) is 11.3 Å². The van der Waals surface area contributed by atoms with Crippen molar-refractivity contribution in [2.45, 2.75) is 13.8 Å². The zero-order chi connectivity index (χ0) is 18.8. The van der Waals surface area contributed by atoms with Crippen LogP contribution < -0.4 is 10.6 Å². The molecule has 2 heterocycles. The zero-order valence-electron chi connectivity index (χ0n) is 14.3. The van der Waals surface area contributed by atoms with Gasteiger partial charge in [-0.05, 0) is 32.0 Å². The fraction of sp³-hybridized carbons (Fsp3) is 0.176. The van der Waals surface area contributed by atoms with Crippen LogP contribution in [0.15, 0.2) is 29.6 Å². The molecule has 0 radical (unpaired) electrons. The number of carbonyl (C=O) groups excluding carboxylic acids is 1. The molecule has 134 valence electrons. The standard InChI is InChI=1S/C17H16N4O3S2/c1-9-6-12(10(2)26-9)14-8-25-17(19-14)20-16(22)11-4-5-13(18-3)15(7-11)21(23)24/h4-8,18H,1-3H3,(H,19,20,22). The second kappa shape index (κ2) is 7.22. The Morgan fingerprint density at radius 1 is 1.27 bits per heavy atom. The summed E-state index contributed by atoms with van der Waals surface area (Å²) in [6, 6.07) is 6.37. The smallest absolute Gasteiger partial charge is 0.293 e. The lowest BCUT2D eigenvalue weighted by molar-refractivity contribution is -0.384. The van der Waals surface area contributed by atoms with Crippen LogP contribution in [0.3, 0.4) is 0 Å². The first-order chi connectivity index (χ1) is 12.4. The molecule has 3 aromatic rings. The molecule has 1 aromatic carbocycles. The Kier molecular flexibility index (Phi) is 5.01. The third-order valence-corrected chi connectivity index (χ3v) is 5.49. The molecule has 2 aromatic heterocycles. The average Bonchev–Trinajstić information content (AvgIpc) is 3.19. The molecule has 0 bridgehead atoms. The molecule has 0 aliphatic heterocycles. The molecule has 0 aliphatic carbocycles. The van der Waals surface area contributed by atoms with Gasteiger partial charge in [-0.1, -0.05) is 0 Å². The topological polar surface area (TPSA) is 97.2 Å². The molecule has 9 heteroatoms. The summed E-state index contributed by atoms with van der Waals surface area (Å²) >= 11 is 3.02. The summed E-state index contributed by atoms with van der Waals surface area (Å²) in [5.74, 6) is -0.435. The van der Waals surface area contributed by atoms with Crippen molar-refractivity contribution in [3.8, 4) is 11.3 Å². The van der Waals surface area contributed by atoms with E-state index in [4.69, 9.17) is 0 Å². The number of rotatable bonds is 5. The van der Waals surface area contributed by atoms with E-state index < -0.39 is 10.8 Å². The van der Waals surface area contributed by atoms with E-state index in [1.54, 1.807) is 18.4 Å². The lowest BCUT2D eigenvalue weighted by atomic mass is 10.1. The Morgan fingerprint density at radius 3 is 2.65 bits per heavy atom. The van der Waals surface area contributed by atoms with Crippen molar-refractivity contribution in [3.05, 3.63) is 55.1 Å². The SMILES string of the molecule is CNc1ccc(C(=O)Nc2nc(-c3cc(C)sc3C)cs2)cc1[N+](=O)[O-]. The zero-order valence-corrected chi connectivity index (χ0v) is 16.0. The second-order valence-electron chi connectivity index (χ2n) is 5.56. The molecule has 0 saturated heterocycles. The predicted molar refractivity (Wildman–Crippen MR) is 105 cm³/mol. The molecule has 0 spiro atoms. The van der Waals surface area contributed by atoms with Gasteiger partial charge in [-0.3, -0.25) is 20.2 Å². The molecule has 1 amide bonds. The summed E-state index contributed by atoms with van der Waals surface area (Å²) < 4.78 is 0. The molecule has 0 fully saturated rings. The molecule has 26 heavy (non-hydrogen) atoms. The number of hydrogen-bond donors (Lipinski definition) is 2. The minimum Gasteiger partial charge on any atom is -0.383 e. The molecule has 0 atom stereocenters. The molecule has 0 saturated carbocycles. The summed E-state index contributed by atoms with van der Waals surface area (Å²) in [6.07, 6.45) is 0. The van der Waals surface area contributed by atoms with Crippen molar-refractivity contribution in [1.29, 1.82) is 0 Å². The quantitative estimate of drug-likeness (QED) is 0.488. The van der Waals surface area contributed by atoms with Crippen LogP contribution in [0, 0.1) is 24.0 Å². The third-order valence-electron chi connectivity index (χ3n) is 3.77. The first kappa shape index (κ1) is 18.0. The maximum absolute atomic E-state index is 12.4. The van der Waals surface area contributed by atoms with Crippen LogP contribution in [0.25, 0.3) is 11.3 Å². The van der Waals surface area contributed by atoms with Crippen LogP contribution in [0.4, 0.5) is 16.5 Å². The number of thiazole rings is 1. The normalized spacial score (nSPS) is 10.6. The summed E-state index contributed by atoms with van der Waals surface area (Å²) in [6.45, 7) is 4.07. The summed E-state index contributed by atoms with van der Waals surface area (Å²) in [4.78, 5) is 29.9. The Morgan fingerprint density at radius 2 is 2.04 bits per heavy atom. The minimum atomic E-state index is -0.522. The van der Waals surface area contributed by atoms with Crippen molar-refractivity contribution >= 4 is 45.1 Å². The number of aromatic nitrogens is 1. The number of nitro groups is 1.